The van der Waals surface area contributed by atoms with Crippen molar-refractivity contribution in [2.45, 2.75) is 26.3 Å². The van der Waals surface area contributed by atoms with Gasteiger partial charge in [-0.3, -0.25) is 9.48 Å². The highest BCUT2D eigenvalue weighted by Gasteiger charge is 2.29. The van der Waals surface area contributed by atoms with Gasteiger partial charge in [0, 0.05) is 45.7 Å². The number of halogens is 3. The molecular formula is C23H25F3N6O. The Morgan fingerprint density at radius 2 is 1.79 bits per heavy atom. The van der Waals surface area contributed by atoms with Gasteiger partial charge in [0.05, 0.1) is 18.1 Å². The number of amides is 1. The molecule has 3 heterocycles. The summed E-state index contributed by atoms with van der Waals surface area (Å²) in [6, 6.07) is 3.26. The van der Waals surface area contributed by atoms with Crippen LogP contribution in [0, 0.1) is 30.3 Å². The van der Waals surface area contributed by atoms with Crippen LogP contribution in [-0.4, -0.2) is 50.7 Å². The number of carbonyl (C=O) groups is 1. The average molecular weight is 458 g/mol. The lowest BCUT2D eigenvalue weighted by Gasteiger charge is -2.33. The van der Waals surface area contributed by atoms with E-state index in [-0.39, 0.29) is 24.1 Å². The van der Waals surface area contributed by atoms with Gasteiger partial charge in [-0.2, -0.15) is 5.10 Å². The third-order valence-corrected chi connectivity index (χ3v) is 5.92. The Hall–Kier alpha value is -3.43. The Kier molecular flexibility index (Phi) is 6.35. The van der Waals surface area contributed by atoms with Crippen LogP contribution in [-0.2, 0) is 18.4 Å². The van der Waals surface area contributed by atoms with Crippen LogP contribution in [0.1, 0.15) is 24.0 Å². The van der Waals surface area contributed by atoms with Crippen molar-refractivity contribution in [3.05, 3.63) is 59.2 Å². The molecule has 0 radical (unpaired) electrons. The van der Waals surface area contributed by atoms with Gasteiger partial charge in [-0.1, -0.05) is 0 Å². The number of nitrogens with zero attached hydrogens (tertiary/aromatic N) is 6. The van der Waals surface area contributed by atoms with Gasteiger partial charge in [-0.25, -0.2) is 23.1 Å². The van der Waals surface area contributed by atoms with Crippen molar-refractivity contribution in [1.29, 1.82) is 0 Å². The Balaban J connectivity index is 1.41. The molecule has 0 saturated carbocycles. The molecule has 0 bridgehead atoms. The van der Waals surface area contributed by atoms with E-state index in [9.17, 15) is 18.0 Å². The van der Waals surface area contributed by atoms with Crippen LogP contribution >= 0.6 is 0 Å². The maximum absolute atomic E-state index is 14.5. The van der Waals surface area contributed by atoms with E-state index in [4.69, 9.17) is 0 Å². The first-order valence-corrected chi connectivity index (χ1v) is 10.7. The first kappa shape index (κ1) is 22.8. The average Bonchev–Trinajstić information content (AvgIpc) is 3.11. The Labute approximate surface area is 189 Å². The minimum atomic E-state index is -0.667. The fourth-order valence-corrected chi connectivity index (χ4v) is 4.26. The van der Waals surface area contributed by atoms with Crippen molar-refractivity contribution < 1.29 is 18.0 Å². The number of hydrogen-bond donors (Lipinski definition) is 0. The second kappa shape index (κ2) is 9.21. The highest BCUT2D eigenvalue weighted by atomic mass is 19.1. The quantitative estimate of drug-likeness (QED) is 0.586. The first-order chi connectivity index (χ1) is 15.7. The molecule has 0 spiro atoms. The second-order valence-electron chi connectivity index (χ2n) is 8.40. The molecule has 2 aromatic heterocycles. The van der Waals surface area contributed by atoms with Gasteiger partial charge < -0.3 is 9.80 Å². The zero-order valence-corrected chi connectivity index (χ0v) is 18.7. The monoisotopic (exact) mass is 458 g/mol. The van der Waals surface area contributed by atoms with Crippen LogP contribution in [0.15, 0.2) is 30.6 Å². The van der Waals surface area contributed by atoms with Gasteiger partial charge in [0.1, 0.15) is 17.3 Å². The molecule has 0 atom stereocenters. The predicted octanol–water partition coefficient (Wildman–Crippen LogP) is 3.48. The lowest BCUT2D eigenvalue weighted by atomic mass is 9.95. The lowest BCUT2D eigenvalue weighted by molar-refractivity contribution is -0.135. The number of carbonyl (C=O) groups excluding carboxylic acids is 1. The molecule has 10 heteroatoms. The number of hydrogen-bond acceptors (Lipinski definition) is 5. The molecule has 1 amide bonds. The number of aryl methyl sites for hydroxylation is 2. The van der Waals surface area contributed by atoms with Crippen molar-refractivity contribution in [1.82, 2.24) is 24.6 Å². The summed E-state index contributed by atoms with van der Waals surface area (Å²) in [4.78, 5) is 24.9. The normalized spacial score (nSPS) is 14.5. The van der Waals surface area contributed by atoms with E-state index >= 15 is 0 Å². The maximum Gasteiger partial charge on any atom is 0.226 e. The number of rotatable bonds is 5. The van der Waals surface area contributed by atoms with E-state index in [1.807, 2.05) is 11.8 Å². The molecule has 174 valence electrons. The largest absolute Gasteiger partial charge is 0.341 e. The molecule has 1 fully saturated rings. The molecule has 1 aromatic carbocycles. The highest BCUT2D eigenvalue weighted by Crippen LogP contribution is 2.27. The standard InChI is InChI=1S/C23H25F3N6O/c1-14-11-28-31(3)21(14)20-19(26)12-27-23(29-20)32-6-4-16(5-7-32)22(33)30(2)13-15-8-17(24)10-18(25)9-15/h8-12,16H,4-7,13H2,1-3H3. The Bertz CT molecular complexity index is 1130. The zero-order valence-electron chi connectivity index (χ0n) is 18.7. The fourth-order valence-electron chi connectivity index (χ4n) is 4.26. The van der Waals surface area contributed by atoms with Gasteiger partial charge in [0.2, 0.25) is 11.9 Å². The van der Waals surface area contributed by atoms with Crippen molar-refractivity contribution in [2.24, 2.45) is 13.0 Å². The van der Waals surface area contributed by atoms with Gasteiger partial charge in [-0.15, -0.1) is 0 Å². The van der Waals surface area contributed by atoms with Crippen molar-refractivity contribution >= 4 is 11.9 Å². The van der Waals surface area contributed by atoms with Crippen LogP contribution in [0.3, 0.4) is 0 Å². The van der Waals surface area contributed by atoms with Gasteiger partial charge in [0.15, 0.2) is 5.82 Å². The molecule has 0 aliphatic carbocycles. The molecule has 7 nitrogen and oxygen atoms in total. The third kappa shape index (κ3) is 4.84. The van der Waals surface area contributed by atoms with Crippen LogP contribution in [0.4, 0.5) is 19.1 Å². The molecule has 0 unspecified atom stereocenters. The number of aromatic nitrogens is 4. The van der Waals surface area contributed by atoms with Crippen LogP contribution in [0.25, 0.3) is 11.4 Å². The smallest absolute Gasteiger partial charge is 0.226 e. The van der Waals surface area contributed by atoms with E-state index in [2.05, 4.69) is 15.1 Å². The lowest BCUT2D eigenvalue weighted by Crippen LogP contribution is -2.41. The molecule has 1 aliphatic rings. The summed E-state index contributed by atoms with van der Waals surface area (Å²) in [6.07, 6.45) is 3.96. The van der Waals surface area contributed by atoms with Crippen molar-refractivity contribution in [3.63, 3.8) is 0 Å². The van der Waals surface area contributed by atoms with Crippen LogP contribution in [0.5, 0.6) is 0 Å². The second-order valence-corrected chi connectivity index (χ2v) is 8.40. The SMILES string of the molecule is Cc1cnn(C)c1-c1nc(N2CCC(C(=O)N(C)Cc3cc(F)cc(F)c3)CC2)ncc1F. The van der Waals surface area contributed by atoms with Gasteiger partial charge in [0.25, 0.3) is 0 Å². The summed E-state index contributed by atoms with van der Waals surface area (Å²) >= 11 is 0. The molecule has 33 heavy (non-hydrogen) atoms. The summed E-state index contributed by atoms with van der Waals surface area (Å²) in [5.41, 5.74) is 2.00. The fraction of sp³-hybridized carbons (Fsp3) is 0.391. The highest BCUT2D eigenvalue weighted by molar-refractivity contribution is 5.79. The number of benzene rings is 1. The van der Waals surface area contributed by atoms with Gasteiger partial charge in [-0.05, 0) is 43.0 Å². The topological polar surface area (TPSA) is 67.2 Å². The van der Waals surface area contributed by atoms with Crippen LogP contribution in [0.2, 0.25) is 0 Å². The van der Waals surface area contributed by atoms with E-state index in [1.54, 1.807) is 25.0 Å². The van der Waals surface area contributed by atoms with E-state index < -0.39 is 17.5 Å². The number of anilines is 1. The van der Waals surface area contributed by atoms with Crippen molar-refractivity contribution in [3.8, 4) is 11.4 Å². The Morgan fingerprint density at radius 3 is 2.39 bits per heavy atom. The van der Waals surface area contributed by atoms with Crippen LogP contribution < -0.4 is 4.90 Å². The zero-order chi connectivity index (χ0) is 23.7. The van der Waals surface area contributed by atoms with E-state index in [0.29, 0.717) is 43.1 Å². The van der Waals surface area contributed by atoms with E-state index in [0.717, 1.165) is 17.8 Å². The van der Waals surface area contributed by atoms with E-state index in [1.165, 1.54) is 17.0 Å². The summed E-state index contributed by atoms with van der Waals surface area (Å²) in [5, 5.41) is 4.15. The Morgan fingerprint density at radius 1 is 1.12 bits per heavy atom. The molecular weight excluding hydrogens is 433 g/mol. The predicted molar refractivity (Wildman–Crippen MR) is 117 cm³/mol. The summed E-state index contributed by atoms with van der Waals surface area (Å²) < 4.78 is 42.9. The minimum absolute atomic E-state index is 0.0782. The number of piperidine rings is 1. The molecule has 1 saturated heterocycles. The minimum Gasteiger partial charge on any atom is -0.341 e. The molecule has 3 aromatic rings. The summed E-state index contributed by atoms with van der Waals surface area (Å²) in [5.74, 6) is -1.75. The van der Waals surface area contributed by atoms with Gasteiger partial charge >= 0.3 is 0 Å². The van der Waals surface area contributed by atoms with Crippen molar-refractivity contribution in [2.75, 3.05) is 25.0 Å². The maximum atomic E-state index is 14.5. The third-order valence-electron chi connectivity index (χ3n) is 5.92. The molecule has 4 rings (SSSR count). The molecule has 1 aliphatic heterocycles. The molecule has 0 N–H and O–H groups in total. The first-order valence-electron chi connectivity index (χ1n) is 10.7. The summed E-state index contributed by atoms with van der Waals surface area (Å²) in [7, 11) is 3.36. The summed E-state index contributed by atoms with van der Waals surface area (Å²) in [6.45, 7) is 3.04.